The Hall–Kier alpha value is -2.01. The van der Waals surface area contributed by atoms with E-state index in [1.165, 1.54) is 11.3 Å². The number of thiophene rings is 1. The Morgan fingerprint density at radius 3 is 2.81 bits per heavy atom. The number of hydrogen-bond acceptors (Lipinski definition) is 4. The summed E-state index contributed by atoms with van der Waals surface area (Å²) in [4.78, 5) is 15.4. The summed E-state index contributed by atoms with van der Waals surface area (Å²) in [5.74, 6) is 0.798. The van der Waals surface area contributed by atoms with Crippen molar-refractivity contribution in [2.75, 3.05) is 12.8 Å². The summed E-state index contributed by atoms with van der Waals surface area (Å²) in [5.41, 5.74) is 7.74. The molecule has 110 valence electrons. The lowest BCUT2D eigenvalue weighted by atomic mass is 10.1. The average Bonchev–Trinajstić information content (AvgIpc) is 3.22. The smallest absolute Gasteiger partial charge is 0.264 e. The van der Waals surface area contributed by atoms with E-state index in [-0.39, 0.29) is 5.91 Å². The zero-order valence-corrected chi connectivity index (χ0v) is 12.7. The lowest BCUT2D eigenvalue weighted by molar-refractivity contribution is 0.0735. The summed E-state index contributed by atoms with van der Waals surface area (Å²) in [6.45, 7) is 0.566. The number of para-hydroxylation sites is 1. The van der Waals surface area contributed by atoms with Crippen LogP contribution < -0.4 is 10.5 Å². The van der Waals surface area contributed by atoms with Gasteiger partial charge in [0.2, 0.25) is 0 Å². The molecule has 1 amide bonds. The van der Waals surface area contributed by atoms with Gasteiger partial charge in [-0.2, -0.15) is 0 Å². The van der Waals surface area contributed by atoms with Crippen LogP contribution in [0, 0.1) is 0 Å². The van der Waals surface area contributed by atoms with Crippen LogP contribution in [-0.4, -0.2) is 24.0 Å². The van der Waals surface area contributed by atoms with E-state index in [0.717, 1.165) is 29.8 Å². The Bertz CT molecular complexity index is 649. The van der Waals surface area contributed by atoms with Gasteiger partial charge in [0, 0.05) is 29.7 Å². The molecule has 0 spiro atoms. The Labute approximate surface area is 128 Å². The Kier molecular flexibility index (Phi) is 3.84. The van der Waals surface area contributed by atoms with E-state index in [1.807, 2.05) is 34.5 Å². The number of nitrogens with zero attached hydrogens (tertiary/aromatic N) is 1. The topological polar surface area (TPSA) is 55.6 Å². The van der Waals surface area contributed by atoms with E-state index in [4.69, 9.17) is 10.5 Å². The maximum atomic E-state index is 12.7. The standard InChI is InChI=1S/C16H18N2O2S/c1-20-13-8-15(21-10-13)16(19)18(12-6-7-12)9-11-4-2-3-5-14(11)17/h2-5,8,10,12H,6-7,9,17H2,1H3. The normalized spacial score (nSPS) is 14.0. The second-order valence-electron chi connectivity index (χ2n) is 5.21. The zero-order chi connectivity index (χ0) is 14.8. The van der Waals surface area contributed by atoms with Gasteiger partial charge < -0.3 is 15.4 Å². The first-order chi connectivity index (χ1) is 10.2. The Morgan fingerprint density at radius 2 is 2.19 bits per heavy atom. The molecule has 3 rings (SSSR count). The lowest BCUT2D eigenvalue weighted by Gasteiger charge is -2.22. The fourth-order valence-corrected chi connectivity index (χ4v) is 3.10. The molecule has 1 heterocycles. The molecule has 1 aliphatic carbocycles. The molecule has 1 aliphatic rings. The summed E-state index contributed by atoms with van der Waals surface area (Å²) < 4.78 is 5.16. The lowest BCUT2D eigenvalue weighted by Crippen LogP contribution is -2.32. The molecule has 0 bridgehead atoms. The molecule has 5 heteroatoms. The summed E-state index contributed by atoms with van der Waals surface area (Å²) in [5, 5.41) is 1.86. The number of hydrogen-bond donors (Lipinski definition) is 1. The number of carbonyl (C=O) groups excluding carboxylic acids is 1. The van der Waals surface area contributed by atoms with Crippen molar-refractivity contribution in [2.24, 2.45) is 0 Å². The third kappa shape index (κ3) is 3.03. The van der Waals surface area contributed by atoms with Gasteiger partial charge in [0.05, 0.1) is 12.0 Å². The van der Waals surface area contributed by atoms with Crippen LogP contribution in [0.4, 0.5) is 5.69 Å². The first-order valence-electron chi connectivity index (χ1n) is 6.96. The minimum Gasteiger partial charge on any atom is -0.496 e. The van der Waals surface area contributed by atoms with Crippen molar-refractivity contribution in [3.05, 3.63) is 46.2 Å². The highest BCUT2D eigenvalue weighted by Gasteiger charge is 2.33. The van der Waals surface area contributed by atoms with Crippen molar-refractivity contribution >= 4 is 22.9 Å². The van der Waals surface area contributed by atoms with Crippen LogP contribution in [0.25, 0.3) is 0 Å². The minimum absolute atomic E-state index is 0.0639. The van der Waals surface area contributed by atoms with E-state index in [1.54, 1.807) is 13.2 Å². The summed E-state index contributed by atoms with van der Waals surface area (Å²) in [6, 6.07) is 9.86. The molecule has 1 aromatic carbocycles. The molecule has 0 aliphatic heterocycles. The number of carbonyl (C=O) groups is 1. The van der Waals surface area contributed by atoms with Crippen LogP contribution in [0.3, 0.4) is 0 Å². The molecular formula is C16H18N2O2S. The van der Waals surface area contributed by atoms with Gasteiger partial charge in [-0.3, -0.25) is 4.79 Å². The van der Waals surface area contributed by atoms with E-state index in [9.17, 15) is 4.79 Å². The number of methoxy groups -OCH3 is 1. The molecular weight excluding hydrogens is 284 g/mol. The van der Waals surface area contributed by atoms with Crippen LogP contribution in [0.15, 0.2) is 35.7 Å². The van der Waals surface area contributed by atoms with E-state index < -0.39 is 0 Å². The van der Waals surface area contributed by atoms with Crippen molar-refractivity contribution in [1.29, 1.82) is 0 Å². The molecule has 1 aromatic heterocycles. The molecule has 1 fully saturated rings. The molecule has 0 atom stereocenters. The van der Waals surface area contributed by atoms with Crippen molar-refractivity contribution in [3.8, 4) is 5.75 Å². The highest BCUT2D eigenvalue weighted by Crippen LogP contribution is 2.32. The van der Waals surface area contributed by atoms with Crippen LogP contribution in [-0.2, 0) is 6.54 Å². The molecule has 2 aromatic rings. The number of rotatable bonds is 5. The Morgan fingerprint density at radius 1 is 1.43 bits per heavy atom. The van der Waals surface area contributed by atoms with Gasteiger partial charge in [-0.25, -0.2) is 0 Å². The highest BCUT2D eigenvalue weighted by atomic mass is 32.1. The first kappa shape index (κ1) is 13.9. The summed E-state index contributed by atoms with van der Waals surface area (Å²) >= 11 is 1.42. The number of anilines is 1. The minimum atomic E-state index is 0.0639. The maximum absolute atomic E-state index is 12.7. The van der Waals surface area contributed by atoms with Crippen molar-refractivity contribution in [1.82, 2.24) is 4.90 Å². The largest absolute Gasteiger partial charge is 0.496 e. The van der Waals surface area contributed by atoms with Gasteiger partial charge in [-0.1, -0.05) is 18.2 Å². The van der Waals surface area contributed by atoms with Gasteiger partial charge in [-0.05, 0) is 24.5 Å². The second-order valence-corrected chi connectivity index (χ2v) is 6.13. The first-order valence-corrected chi connectivity index (χ1v) is 7.84. The van der Waals surface area contributed by atoms with Crippen LogP contribution in [0.1, 0.15) is 28.1 Å². The molecule has 1 saturated carbocycles. The van der Waals surface area contributed by atoms with Crippen molar-refractivity contribution in [2.45, 2.75) is 25.4 Å². The number of amides is 1. The number of nitrogens with two attached hydrogens (primary N) is 1. The van der Waals surface area contributed by atoms with Crippen LogP contribution in [0.2, 0.25) is 0 Å². The molecule has 0 saturated heterocycles. The maximum Gasteiger partial charge on any atom is 0.264 e. The zero-order valence-electron chi connectivity index (χ0n) is 11.9. The molecule has 4 nitrogen and oxygen atoms in total. The summed E-state index contributed by atoms with van der Waals surface area (Å²) in [7, 11) is 1.61. The molecule has 2 N–H and O–H groups in total. The van der Waals surface area contributed by atoms with Gasteiger partial charge in [-0.15, -0.1) is 11.3 Å². The van der Waals surface area contributed by atoms with Gasteiger partial charge in [0.1, 0.15) is 5.75 Å². The molecule has 0 unspecified atom stereocenters. The predicted octanol–water partition coefficient (Wildman–Crippen LogP) is 3.14. The quantitative estimate of drug-likeness (QED) is 0.863. The highest BCUT2D eigenvalue weighted by molar-refractivity contribution is 7.12. The SMILES string of the molecule is COc1csc(C(=O)N(Cc2ccccc2N)C2CC2)c1. The summed E-state index contributed by atoms with van der Waals surface area (Å²) in [6.07, 6.45) is 2.14. The van der Waals surface area contributed by atoms with Crippen LogP contribution in [0.5, 0.6) is 5.75 Å². The fraction of sp³-hybridized carbons (Fsp3) is 0.312. The molecule has 21 heavy (non-hydrogen) atoms. The van der Waals surface area contributed by atoms with E-state index in [2.05, 4.69) is 0 Å². The third-order valence-corrected chi connectivity index (χ3v) is 4.56. The number of benzene rings is 1. The molecule has 0 radical (unpaired) electrons. The monoisotopic (exact) mass is 302 g/mol. The van der Waals surface area contributed by atoms with Crippen molar-refractivity contribution < 1.29 is 9.53 Å². The van der Waals surface area contributed by atoms with Gasteiger partial charge in [0.15, 0.2) is 0 Å². The fourth-order valence-electron chi connectivity index (χ4n) is 2.29. The van der Waals surface area contributed by atoms with Crippen LogP contribution >= 0.6 is 11.3 Å². The Balaban J connectivity index is 1.81. The third-order valence-electron chi connectivity index (χ3n) is 3.67. The number of nitrogen functional groups attached to an aromatic ring is 1. The average molecular weight is 302 g/mol. The van der Waals surface area contributed by atoms with Crippen molar-refractivity contribution in [3.63, 3.8) is 0 Å². The van der Waals surface area contributed by atoms with Gasteiger partial charge in [0.25, 0.3) is 5.91 Å². The predicted molar refractivity (Wildman–Crippen MR) is 84.6 cm³/mol. The van der Waals surface area contributed by atoms with Gasteiger partial charge >= 0.3 is 0 Å². The second kappa shape index (κ2) is 5.77. The number of ether oxygens (including phenoxy) is 1. The van der Waals surface area contributed by atoms with E-state index >= 15 is 0 Å². The van der Waals surface area contributed by atoms with E-state index in [0.29, 0.717) is 17.5 Å².